The van der Waals surface area contributed by atoms with Gasteiger partial charge in [0.2, 0.25) is 0 Å². The zero-order chi connectivity index (χ0) is 14.4. The molecule has 0 amide bonds. The van der Waals surface area contributed by atoms with E-state index in [1.54, 1.807) is 0 Å². The first-order valence-electron chi connectivity index (χ1n) is 7.65. The summed E-state index contributed by atoms with van der Waals surface area (Å²) in [5.41, 5.74) is 1.67. The molecule has 1 fully saturated rings. The Morgan fingerprint density at radius 3 is 2.70 bits per heavy atom. The number of nitrogens with one attached hydrogen (secondary N) is 1. The smallest absolute Gasteiger partial charge is 0.0473 e. The van der Waals surface area contributed by atoms with Crippen LogP contribution in [-0.4, -0.2) is 42.1 Å². The van der Waals surface area contributed by atoms with Gasteiger partial charge in [-0.2, -0.15) is 11.8 Å². The topological polar surface area (TPSA) is 15.3 Å². The van der Waals surface area contributed by atoms with Gasteiger partial charge in [-0.25, -0.2) is 0 Å². The van der Waals surface area contributed by atoms with E-state index in [2.05, 4.69) is 60.7 Å². The summed E-state index contributed by atoms with van der Waals surface area (Å²) in [6.07, 6.45) is 4.83. The van der Waals surface area contributed by atoms with E-state index in [4.69, 9.17) is 0 Å². The Labute approximate surface area is 128 Å². The molecular formula is C17H28N2S. The molecule has 2 nitrogen and oxygen atoms in total. The van der Waals surface area contributed by atoms with Crippen LogP contribution in [0.5, 0.6) is 0 Å². The first-order chi connectivity index (χ1) is 9.62. The molecule has 112 valence electrons. The maximum Gasteiger partial charge on any atom is 0.0473 e. The average molecular weight is 292 g/mol. The highest BCUT2D eigenvalue weighted by atomic mass is 32.2. The van der Waals surface area contributed by atoms with E-state index in [0.29, 0.717) is 6.04 Å². The zero-order valence-corrected chi connectivity index (χ0v) is 13.9. The van der Waals surface area contributed by atoms with Gasteiger partial charge in [0.15, 0.2) is 0 Å². The number of rotatable bonds is 6. The molecule has 1 heterocycles. The van der Waals surface area contributed by atoms with Gasteiger partial charge in [-0.15, -0.1) is 0 Å². The number of piperazine rings is 1. The average Bonchev–Trinajstić information content (AvgIpc) is 2.44. The number of hydrogen-bond donors (Lipinski definition) is 1. The number of nitrogens with zero attached hydrogens (tertiary/aromatic N) is 1. The molecule has 0 aromatic heterocycles. The number of thioether (sulfide) groups is 1. The monoisotopic (exact) mass is 292 g/mol. The van der Waals surface area contributed by atoms with Crippen molar-refractivity contribution in [1.29, 1.82) is 0 Å². The minimum absolute atomic E-state index is 0.227. The van der Waals surface area contributed by atoms with Crippen LogP contribution in [0.3, 0.4) is 0 Å². The van der Waals surface area contributed by atoms with Gasteiger partial charge >= 0.3 is 0 Å². The van der Waals surface area contributed by atoms with Crippen LogP contribution in [0.2, 0.25) is 0 Å². The van der Waals surface area contributed by atoms with Gasteiger partial charge in [0, 0.05) is 24.7 Å². The van der Waals surface area contributed by atoms with Crippen LogP contribution in [0.4, 0.5) is 0 Å². The van der Waals surface area contributed by atoms with E-state index >= 15 is 0 Å². The molecule has 1 N–H and O–H groups in total. The molecule has 1 aromatic rings. The molecule has 0 spiro atoms. The van der Waals surface area contributed by atoms with Crippen LogP contribution >= 0.6 is 11.8 Å². The van der Waals surface area contributed by atoms with Gasteiger partial charge in [0.1, 0.15) is 0 Å². The molecule has 2 rings (SSSR count). The van der Waals surface area contributed by atoms with Gasteiger partial charge in [0.05, 0.1) is 0 Å². The first-order valence-corrected chi connectivity index (χ1v) is 9.05. The second-order valence-electron chi connectivity index (χ2n) is 6.36. The maximum absolute atomic E-state index is 3.69. The van der Waals surface area contributed by atoms with E-state index in [0.717, 1.165) is 13.1 Å². The summed E-state index contributed by atoms with van der Waals surface area (Å²) in [5.74, 6) is 1.28. The van der Waals surface area contributed by atoms with Crippen molar-refractivity contribution in [3.63, 3.8) is 0 Å². The highest BCUT2D eigenvalue weighted by molar-refractivity contribution is 7.98. The highest BCUT2D eigenvalue weighted by Gasteiger charge is 2.32. The molecule has 1 saturated heterocycles. The number of benzene rings is 1. The van der Waals surface area contributed by atoms with Crippen molar-refractivity contribution >= 4 is 11.8 Å². The van der Waals surface area contributed by atoms with Crippen molar-refractivity contribution in [1.82, 2.24) is 10.2 Å². The van der Waals surface area contributed by atoms with Crippen molar-refractivity contribution in [2.24, 2.45) is 0 Å². The zero-order valence-electron chi connectivity index (χ0n) is 13.1. The predicted molar refractivity (Wildman–Crippen MR) is 90.5 cm³/mol. The van der Waals surface area contributed by atoms with E-state index < -0.39 is 0 Å². The lowest BCUT2D eigenvalue weighted by atomic mass is 9.94. The minimum atomic E-state index is 0.227. The van der Waals surface area contributed by atoms with Crippen LogP contribution < -0.4 is 5.32 Å². The second kappa shape index (κ2) is 7.48. The molecule has 1 aromatic carbocycles. The van der Waals surface area contributed by atoms with Crippen molar-refractivity contribution in [2.75, 3.05) is 31.6 Å². The summed E-state index contributed by atoms with van der Waals surface area (Å²) >= 11 is 1.95. The van der Waals surface area contributed by atoms with Gasteiger partial charge in [-0.1, -0.05) is 30.3 Å². The maximum atomic E-state index is 3.69. The van der Waals surface area contributed by atoms with Crippen molar-refractivity contribution < 1.29 is 0 Å². The third-order valence-corrected chi connectivity index (χ3v) is 4.74. The van der Waals surface area contributed by atoms with Crippen LogP contribution in [0.25, 0.3) is 0 Å². The van der Waals surface area contributed by atoms with Crippen LogP contribution in [-0.2, 0) is 0 Å². The first kappa shape index (κ1) is 15.9. The number of unbranched alkanes of at least 4 members (excludes halogenated alkanes) is 1. The van der Waals surface area contributed by atoms with Crippen molar-refractivity contribution in [3.8, 4) is 0 Å². The summed E-state index contributed by atoms with van der Waals surface area (Å²) in [6, 6.07) is 11.5. The summed E-state index contributed by atoms with van der Waals surface area (Å²) in [7, 11) is 0. The fourth-order valence-corrected chi connectivity index (χ4v) is 3.47. The third kappa shape index (κ3) is 4.51. The third-order valence-electron chi connectivity index (χ3n) is 4.04. The Morgan fingerprint density at radius 1 is 1.25 bits per heavy atom. The van der Waals surface area contributed by atoms with E-state index in [9.17, 15) is 0 Å². The van der Waals surface area contributed by atoms with Crippen LogP contribution in [0.15, 0.2) is 30.3 Å². The summed E-state index contributed by atoms with van der Waals surface area (Å²) in [6.45, 7) is 8.02. The fourth-order valence-electron chi connectivity index (χ4n) is 2.98. The Hall–Kier alpha value is -0.510. The molecule has 0 radical (unpaired) electrons. The van der Waals surface area contributed by atoms with Gasteiger partial charge in [-0.3, -0.25) is 4.90 Å². The highest BCUT2D eigenvalue weighted by Crippen LogP contribution is 2.27. The molecule has 0 aliphatic carbocycles. The fraction of sp³-hybridized carbons (Fsp3) is 0.647. The molecule has 1 aliphatic heterocycles. The standard InChI is InChI=1S/C17H28N2S/c1-17(2)14-19(11-7-8-12-20-3)16(13-18-17)15-9-5-4-6-10-15/h4-6,9-10,16,18H,7-8,11-14H2,1-3H3. The quantitative estimate of drug-likeness (QED) is 0.807. The molecule has 0 bridgehead atoms. The van der Waals surface area contributed by atoms with E-state index in [1.807, 2.05) is 11.8 Å². The molecular weight excluding hydrogens is 264 g/mol. The van der Waals surface area contributed by atoms with E-state index in [1.165, 1.54) is 30.7 Å². The van der Waals surface area contributed by atoms with Crippen molar-refractivity contribution in [3.05, 3.63) is 35.9 Å². The second-order valence-corrected chi connectivity index (χ2v) is 7.35. The Bertz CT molecular complexity index is 391. The van der Waals surface area contributed by atoms with Crippen molar-refractivity contribution in [2.45, 2.75) is 38.3 Å². The van der Waals surface area contributed by atoms with Gasteiger partial charge in [0.25, 0.3) is 0 Å². The predicted octanol–water partition coefficient (Wildman–Crippen LogP) is 3.55. The summed E-state index contributed by atoms with van der Waals surface area (Å²) in [4.78, 5) is 2.67. The van der Waals surface area contributed by atoms with Gasteiger partial charge < -0.3 is 5.32 Å². The lowest BCUT2D eigenvalue weighted by Crippen LogP contribution is -2.58. The minimum Gasteiger partial charge on any atom is -0.309 e. The summed E-state index contributed by atoms with van der Waals surface area (Å²) in [5, 5.41) is 3.69. The Kier molecular flexibility index (Phi) is 5.94. The molecule has 3 heteroatoms. The van der Waals surface area contributed by atoms with Gasteiger partial charge in [-0.05, 0) is 50.8 Å². The molecule has 20 heavy (non-hydrogen) atoms. The molecule has 1 unspecified atom stereocenters. The summed E-state index contributed by atoms with van der Waals surface area (Å²) < 4.78 is 0. The largest absolute Gasteiger partial charge is 0.309 e. The Morgan fingerprint density at radius 2 is 2.00 bits per heavy atom. The van der Waals surface area contributed by atoms with Crippen LogP contribution in [0.1, 0.15) is 38.3 Å². The molecule has 1 atom stereocenters. The Balaban J connectivity index is 2.00. The number of hydrogen-bond acceptors (Lipinski definition) is 3. The van der Waals surface area contributed by atoms with E-state index in [-0.39, 0.29) is 5.54 Å². The lowest BCUT2D eigenvalue weighted by Gasteiger charge is -2.45. The molecule has 1 aliphatic rings. The molecule has 0 saturated carbocycles. The van der Waals surface area contributed by atoms with Crippen LogP contribution in [0, 0.1) is 0 Å². The normalized spacial score (nSPS) is 22.9. The SMILES string of the molecule is CSCCCCN1CC(C)(C)NCC1c1ccccc1. The lowest BCUT2D eigenvalue weighted by molar-refractivity contribution is 0.0938.